The van der Waals surface area contributed by atoms with Crippen molar-refractivity contribution >= 4 is 0 Å². The lowest BCUT2D eigenvalue weighted by Gasteiger charge is -2.05. The van der Waals surface area contributed by atoms with Crippen LogP contribution in [0.25, 0.3) is 0 Å². The zero-order valence-electron chi connectivity index (χ0n) is 34.5. The average Bonchev–Trinajstić information content (AvgIpc) is 3.95. The predicted octanol–water partition coefficient (Wildman–Crippen LogP) is 18.0. The third-order valence-electron chi connectivity index (χ3n) is 11.8. The molecule has 1 nitrogen and oxygen atoms in total. The van der Waals surface area contributed by atoms with Crippen molar-refractivity contribution in [3.63, 3.8) is 0 Å². The molecule has 0 aromatic heterocycles. The van der Waals surface area contributed by atoms with E-state index in [1.807, 2.05) is 0 Å². The van der Waals surface area contributed by atoms with E-state index >= 15 is 0 Å². The van der Waals surface area contributed by atoms with Crippen molar-refractivity contribution in [1.29, 1.82) is 0 Å². The van der Waals surface area contributed by atoms with Crippen LogP contribution in [-0.4, -0.2) is 12.7 Å². The molecule has 1 unspecified atom stereocenters. The lowest BCUT2D eigenvalue weighted by molar-refractivity contribution is 0.387. The summed E-state index contributed by atoms with van der Waals surface area (Å²) in [7, 11) is 0. The molecule has 294 valence electrons. The first-order chi connectivity index (χ1) is 24.4. The van der Waals surface area contributed by atoms with Gasteiger partial charge in [-0.05, 0) is 6.42 Å². The second kappa shape index (κ2) is 42.4. The van der Waals surface area contributed by atoms with Gasteiger partial charge in [-0.3, -0.25) is 0 Å². The molecule has 0 N–H and O–H groups in total. The van der Waals surface area contributed by atoms with Gasteiger partial charge in [0.25, 0.3) is 0 Å². The van der Waals surface area contributed by atoms with Crippen LogP contribution < -0.4 is 0 Å². The molecule has 0 spiro atoms. The summed E-state index contributed by atoms with van der Waals surface area (Å²) in [6, 6.07) is 0. The molecule has 0 bridgehead atoms. The van der Waals surface area contributed by atoms with Crippen LogP contribution in [0.4, 0.5) is 0 Å². The van der Waals surface area contributed by atoms with Crippen LogP contribution in [0.3, 0.4) is 0 Å². The average molecular weight is 689 g/mol. The van der Waals surface area contributed by atoms with Crippen molar-refractivity contribution < 1.29 is 4.74 Å². The maximum Gasteiger partial charge on any atom is 0.0810 e. The van der Waals surface area contributed by atoms with Crippen LogP contribution in [0.15, 0.2) is 0 Å². The topological polar surface area (TPSA) is 12.5 Å². The Morgan fingerprint density at radius 3 is 0.531 bits per heavy atom. The molecule has 1 fully saturated rings. The molecule has 0 aromatic carbocycles. The van der Waals surface area contributed by atoms with Gasteiger partial charge in [0.1, 0.15) is 0 Å². The number of hydrogen-bond donors (Lipinski definition) is 0. The molecule has 1 aliphatic heterocycles. The largest absolute Gasteiger partial charge is 0.373 e. The van der Waals surface area contributed by atoms with Gasteiger partial charge in [0.2, 0.25) is 0 Å². The lowest BCUT2D eigenvalue weighted by atomic mass is 10.0. The standard InChI is InChI=1S/C48H96O/c1-2-3-4-5-6-7-8-9-10-11-12-13-14-15-16-17-18-19-20-21-22-23-24-25-26-27-28-29-30-31-32-33-34-35-36-37-38-39-40-41-42-43-44-45-46-48-47-49-48/h48H,2-47H2,1H3. The molecule has 1 heterocycles. The maximum atomic E-state index is 5.29. The van der Waals surface area contributed by atoms with Crippen molar-refractivity contribution in [2.45, 2.75) is 302 Å². The van der Waals surface area contributed by atoms with E-state index in [0.717, 1.165) is 6.61 Å². The van der Waals surface area contributed by atoms with E-state index < -0.39 is 0 Å². The van der Waals surface area contributed by atoms with E-state index in [1.165, 1.54) is 289 Å². The van der Waals surface area contributed by atoms with E-state index in [0.29, 0.717) is 6.10 Å². The van der Waals surface area contributed by atoms with Crippen LogP contribution in [0.1, 0.15) is 296 Å². The summed E-state index contributed by atoms with van der Waals surface area (Å²) in [6.45, 7) is 3.35. The molecular formula is C48H96O. The smallest absolute Gasteiger partial charge is 0.0810 e. The van der Waals surface area contributed by atoms with E-state index in [2.05, 4.69) is 6.92 Å². The number of epoxide rings is 1. The Labute approximate surface area is 312 Å². The fraction of sp³-hybridized carbons (Fsp3) is 1.00. The number of unbranched alkanes of at least 4 members (excludes halogenated alkanes) is 43. The highest BCUT2D eigenvalue weighted by Gasteiger charge is 2.20. The van der Waals surface area contributed by atoms with Crippen molar-refractivity contribution in [2.24, 2.45) is 0 Å². The maximum absolute atomic E-state index is 5.29. The predicted molar refractivity (Wildman–Crippen MR) is 223 cm³/mol. The van der Waals surface area contributed by atoms with Gasteiger partial charge in [-0.25, -0.2) is 0 Å². The molecule has 0 aromatic rings. The minimum Gasteiger partial charge on any atom is -0.373 e. The van der Waals surface area contributed by atoms with Gasteiger partial charge in [-0.1, -0.05) is 289 Å². The highest BCUT2D eigenvalue weighted by Crippen LogP contribution is 2.20. The Morgan fingerprint density at radius 2 is 0.388 bits per heavy atom. The van der Waals surface area contributed by atoms with Crippen LogP contribution in [-0.2, 0) is 4.74 Å². The normalized spacial score (nSPS) is 14.3. The number of hydrogen-bond acceptors (Lipinski definition) is 1. The summed E-state index contributed by atoms with van der Waals surface area (Å²) in [4.78, 5) is 0. The van der Waals surface area contributed by atoms with E-state index in [-0.39, 0.29) is 0 Å². The highest BCUT2D eigenvalue weighted by molar-refractivity contribution is 4.68. The second-order valence-electron chi connectivity index (χ2n) is 16.9. The summed E-state index contributed by atoms with van der Waals surface area (Å²) >= 11 is 0. The first-order valence-corrected chi connectivity index (χ1v) is 24.0. The van der Waals surface area contributed by atoms with Gasteiger partial charge in [0.15, 0.2) is 0 Å². The summed E-state index contributed by atoms with van der Waals surface area (Å²) in [6.07, 6.45) is 67.2. The van der Waals surface area contributed by atoms with Gasteiger partial charge in [-0.2, -0.15) is 0 Å². The molecule has 1 heteroatoms. The van der Waals surface area contributed by atoms with Crippen molar-refractivity contribution in [3.8, 4) is 0 Å². The van der Waals surface area contributed by atoms with Crippen LogP contribution in [0.5, 0.6) is 0 Å². The molecule has 0 saturated carbocycles. The summed E-state index contributed by atoms with van der Waals surface area (Å²) < 4.78 is 5.29. The second-order valence-corrected chi connectivity index (χ2v) is 16.9. The van der Waals surface area contributed by atoms with E-state index in [4.69, 9.17) is 4.74 Å². The summed E-state index contributed by atoms with van der Waals surface area (Å²) in [5.74, 6) is 0. The molecule has 0 aliphatic carbocycles. The van der Waals surface area contributed by atoms with Crippen LogP contribution in [0, 0.1) is 0 Å². The Morgan fingerprint density at radius 1 is 0.245 bits per heavy atom. The molecule has 0 amide bonds. The SMILES string of the molecule is CCCCCCCCCCCCCCCCCCCCCCCCCCCCCCCCCCCCCCCCCCCCCCC1CO1. The lowest BCUT2D eigenvalue weighted by Crippen LogP contribution is -1.86. The van der Waals surface area contributed by atoms with Crippen molar-refractivity contribution in [3.05, 3.63) is 0 Å². The molecule has 1 aliphatic rings. The van der Waals surface area contributed by atoms with Gasteiger partial charge in [0, 0.05) is 0 Å². The van der Waals surface area contributed by atoms with Gasteiger partial charge < -0.3 is 4.74 Å². The monoisotopic (exact) mass is 689 g/mol. The Kier molecular flexibility index (Phi) is 40.6. The highest BCUT2D eigenvalue weighted by atomic mass is 16.6. The van der Waals surface area contributed by atoms with E-state index in [9.17, 15) is 0 Å². The summed E-state index contributed by atoms with van der Waals surface area (Å²) in [5.41, 5.74) is 0. The first-order valence-electron chi connectivity index (χ1n) is 24.0. The third-order valence-corrected chi connectivity index (χ3v) is 11.8. The van der Waals surface area contributed by atoms with Crippen LogP contribution in [0.2, 0.25) is 0 Å². The number of rotatable bonds is 45. The van der Waals surface area contributed by atoms with Crippen LogP contribution >= 0.6 is 0 Å². The van der Waals surface area contributed by atoms with Gasteiger partial charge in [0.05, 0.1) is 12.7 Å². The Hall–Kier alpha value is -0.0400. The van der Waals surface area contributed by atoms with E-state index in [1.54, 1.807) is 0 Å². The zero-order chi connectivity index (χ0) is 34.8. The Bertz CT molecular complexity index is 567. The third kappa shape index (κ3) is 42.3. The molecular weight excluding hydrogens is 593 g/mol. The fourth-order valence-electron chi connectivity index (χ4n) is 8.10. The molecule has 1 rings (SSSR count). The van der Waals surface area contributed by atoms with Gasteiger partial charge in [-0.15, -0.1) is 0 Å². The van der Waals surface area contributed by atoms with Crippen molar-refractivity contribution in [2.75, 3.05) is 6.61 Å². The molecule has 1 atom stereocenters. The van der Waals surface area contributed by atoms with Crippen molar-refractivity contribution in [1.82, 2.24) is 0 Å². The zero-order valence-corrected chi connectivity index (χ0v) is 34.5. The summed E-state index contributed by atoms with van der Waals surface area (Å²) in [5, 5.41) is 0. The molecule has 0 radical (unpaired) electrons. The first kappa shape index (κ1) is 47.0. The molecule has 49 heavy (non-hydrogen) atoms. The quantitative estimate of drug-likeness (QED) is 0.0458. The number of ether oxygens (including phenoxy) is 1. The minimum atomic E-state index is 0.646. The molecule has 1 saturated heterocycles. The Balaban J connectivity index is 1.58. The minimum absolute atomic E-state index is 0.646. The van der Waals surface area contributed by atoms with Gasteiger partial charge >= 0.3 is 0 Å². The fourth-order valence-corrected chi connectivity index (χ4v) is 8.10.